The van der Waals surface area contributed by atoms with Gasteiger partial charge >= 0.3 is 11.9 Å². The van der Waals surface area contributed by atoms with Gasteiger partial charge in [-0.1, -0.05) is 79.9 Å². The molecule has 12 atom stereocenters. The highest BCUT2D eigenvalue weighted by Crippen LogP contribution is 2.75. The molecule has 7 heteroatoms. The number of hydrogen-bond donors (Lipinski definition) is 2. The van der Waals surface area contributed by atoms with Gasteiger partial charge in [0.2, 0.25) is 0 Å². The first-order chi connectivity index (χ1) is 21.0. The summed E-state index contributed by atoms with van der Waals surface area (Å²) < 4.78 is 19.4. The summed E-state index contributed by atoms with van der Waals surface area (Å²) in [5, 5.41) is 11.0. The van der Waals surface area contributed by atoms with Crippen molar-refractivity contribution in [2.45, 2.75) is 138 Å². The second kappa shape index (κ2) is 12.2. The summed E-state index contributed by atoms with van der Waals surface area (Å²) in [5.74, 6) is 0.00285. The monoisotopic (exact) mass is 629 g/mol. The lowest BCUT2D eigenvalue weighted by atomic mass is 9.34. The second-order valence-corrected chi connectivity index (χ2v) is 17.4. The molecule has 1 aliphatic heterocycles. The van der Waals surface area contributed by atoms with Crippen molar-refractivity contribution in [1.29, 1.82) is 0 Å². The maximum atomic E-state index is 13.3. The molecule has 1 saturated heterocycles. The second-order valence-electron chi connectivity index (χ2n) is 17.4. The number of aliphatic carboxylic acids is 1. The molecule has 0 amide bonds. The Morgan fingerprint density at radius 2 is 1.80 bits per heavy atom. The van der Waals surface area contributed by atoms with E-state index in [4.69, 9.17) is 19.9 Å². The molecule has 4 fully saturated rings. The Bertz CT molecular complexity index is 1170. The van der Waals surface area contributed by atoms with Crippen molar-refractivity contribution in [3.05, 3.63) is 11.6 Å². The lowest BCUT2D eigenvalue weighted by molar-refractivity contribution is -0.267. The van der Waals surface area contributed by atoms with E-state index < -0.39 is 11.9 Å². The van der Waals surface area contributed by atoms with Crippen LogP contribution in [0.3, 0.4) is 0 Å². The standard InChI is InChI=1S/C38H63NO6/c1-10-11-12-26(39)20-44-32-29(45-25(5)40)19-38-22-43-21-35(32,7)30(38)14-13-27-28(38)15-16-37(9)31(33(41)42)34(6,24(4)23(2)3)17-18-36(27,37)8/h15,23-24,26-27,29-32H,10-14,16-22,39H2,1-9H3,(H,41,42)/t24-,26?,27+,29-,30+,31-,32+,34-,35?,36-,37+,38+/m1/s1. The highest BCUT2D eigenvalue weighted by molar-refractivity contribution is 5.73. The predicted molar refractivity (Wildman–Crippen MR) is 176 cm³/mol. The third-order valence-corrected chi connectivity index (χ3v) is 14.8. The molecule has 3 N–H and O–H groups in total. The number of carboxylic acid groups (broad SMARTS) is 1. The molecule has 3 saturated carbocycles. The Morgan fingerprint density at radius 3 is 2.42 bits per heavy atom. The van der Waals surface area contributed by atoms with E-state index in [1.54, 1.807) is 0 Å². The number of rotatable bonds is 10. The van der Waals surface area contributed by atoms with Gasteiger partial charge in [0.15, 0.2) is 0 Å². The van der Waals surface area contributed by atoms with Gasteiger partial charge in [0.1, 0.15) is 12.2 Å². The first kappa shape index (κ1) is 34.9. The molecule has 5 aliphatic rings. The molecule has 0 aromatic heterocycles. The number of carboxylic acids is 1. The molecule has 0 aromatic carbocycles. The van der Waals surface area contributed by atoms with Gasteiger partial charge in [-0.15, -0.1) is 0 Å². The van der Waals surface area contributed by atoms with Crippen LogP contribution in [0.15, 0.2) is 11.6 Å². The molecular weight excluding hydrogens is 566 g/mol. The number of carbonyl (C=O) groups is 2. The number of allylic oxidation sites excluding steroid dienone is 1. The fraction of sp³-hybridized carbons (Fsp3) is 0.895. The smallest absolute Gasteiger partial charge is 0.307 e. The van der Waals surface area contributed by atoms with E-state index in [9.17, 15) is 14.7 Å². The van der Waals surface area contributed by atoms with E-state index >= 15 is 0 Å². The normalized spacial score (nSPS) is 45.4. The number of carbonyl (C=O) groups excluding carboxylic acids is 1. The van der Waals surface area contributed by atoms with Crippen molar-refractivity contribution in [3.8, 4) is 0 Å². The topological polar surface area (TPSA) is 108 Å². The number of nitrogens with two attached hydrogens (primary N) is 1. The Labute approximate surface area is 272 Å². The fourth-order valence-electron chi connectivity index (χ4n) is 12.0. The minimum Gasteiger partial charge on any atom is -0.481 e. The molecular formula is C38H63NO6. The lowest BCUT2D eigenvalue weighted by Crippen LogP contribution is -2.70. The zero-order valence-corrected chi connectivity index (χ0v) is 29.7. The lowest BCUT2D eigenvalue weighted by Gasteiger charge is -2.71. The van der Waals surface area contributed by atoms with Crippen LogP contribution < -0.4 is 5.73 Å². The third kappa shape index (κ3) is 5.24. The van der Waals surface area contributed by atoms with Gasteiger partial charge in [-0.3, -0.25) is 9.59 Å². The van der Waals surface area contributed by atoms with Crippen LogP contribution in [0.5, 0.6) is 0 Å². The average Bonchev–Trinajstić information content (AvgIpc) is 2.95. The van der Waals surface area contributed by atoms with Gasteiger partial charge < -0.3 is 25.1 Å². The molecule has 45 heavy (non-hydrogen) atoms. The van der Waals surface area contributed by atoms with Crippen LogP contribution in [-0.2, 0) is 23.8 Å². The Kier molecular flexibility index (Phi) is 9.47. The fourth-order valence-corrected chi connectivity index (χ4v) is 12.0. The van der Waals surface area contributed by atoms with Gasteiger partial charge in [-0.05, 0) is 84.9 Å². The van der Waals surface area contributed by atoms with Crippen molar-refractivity contribution in [2.75, 3.05) is 19.8 Å². The predicted octanol–water partition coefficient (Wildman–Crippen LogP) is 7.41. The molecule has 1 heterocycles. The quantitative estimate of drug-likeness (QED) is 0.191. The number of ether oxygens (including phenoxy) is 3. The molecule has 2 unspecified atom stereocenters. The van der Waals surface area contributed by atoms with E-state index in [2.05, 4.69) is 61.5 Å². The summed E-state index contributed by atoms with van der Waals surface area (Å²) in [5.41, 5.74) is 6.56. The number of fused-ring (bicyclic) bond motifs is 3. The van der Waals surface area contributed by atoms with Crippen LogP contribution in [-0.4, -0.2) is 55.1 Å². The van der Waals surface area contributed by atoms with E-state index in [-0.39, 0.29) is 57.2 Å². The van der Waals surface area contributed by atoms with Crippen LogP contribution in [0, 0.1) is 56.7 Å². The molecule has 2 bridgehead atoms. The van der Waals surface area contributed by atoms with Gasteiger partial charge in [0.25, 0.3) is 0 Å². The zero-order chi connectivity index (χ0) is 33.2. The number of unbranched alkanes of at least 4 members (excludes halogenated alkanes) is 1. The Hall–Kier alpha value is -1.44. The first-order valence-corrected chi connectivity index (χ1v) is 18.1. The summed E-state index contributed by atoms with van der Waals surface area (Å²) >= 11 is 0. The van der Waals surface area contributed by atoms with Crippen molar-refractivity contribution in [3.63, 3.8) is 0 Å². The third-order valence-electron chi connectivity index (χ3n) is 14.8. The average molecular weight is 630 g/mol. The summed E-state index contributed by atoms with van der Waals surface area (Å²) in [4.78, 5) is 25.9. The molecule has 0 spiro atoms. The van der Waals surface area contributed by atoms with E-state index in [1.165, 1.54) is 12.5 Å². The van der Waals surface area contributed by atoms with Gasteiger partial charge in [-0.25, -0.2) is 0 Å². The number of esters is 1. The Morgan fingerprint density at radius 1 is 1.09 bits per heavy atom. The van der Waals surface area contributed by atoms with Gasteiger partial charge in [0.05, 0.1) is 25.7 Å². The number of hydrogen-bond acceptors (Lipinski definition) is 6. The molecule has 4 aliphatic carbocycles. The Balaban J connectivity index is 1.54. The van der Waals surface area contributed by atoms with Crippen molar-refractivity contribution < 1.29 is 28.9 Å². The van der Waals surface area contributed by atoms with Crippen LogP contribution in [0.1, 0.15) is 120 Å². The zero-order valence-electron chi connectivity index (χ0n) is 29.7. The molecule has 0 aromatic rings. The van der Waals surface area contributed by atoms with Crippen LogP contribution >= 0.6 is 0 Å². The highest BCUT2D eigenvalue weighted by Gasteiger charge is 2.72. The van der Waals surface area contributed by atoms with Gasteiger partial charge in [-0.2, -0.15) is 0 Å². The van der Waals surface area contributed by atoms with E-state index in [0.717, 1.165) is 51.4 Å². The van der Waals surface area contributed by atoms with E-state index in [1.807, 2.05) is 0 Å². The van der Waals surface area contributed by atoms with E-state index in [0.29, 0.717) is 44.0 Å². The summed E-state index contributed by atoms with van der Waals surface area (Å²) in [6.45, 7) is 21.3. The highest BCUT2D eigenvalue weighted by atomic mass is 16.6. The summed E-state index contributed by atoms with van der Waals surface area (Å²) in [7, 11) is 0. The first-order valence-electron chi connectivity index (χ1n) is 18.1. The maximum Gasteiger partial charge on any atom is 0.307 e. The molecule has 7 nitrogen and oxygen atoms in total. The van der Waals surface area contributed by atoms with Gasteiger partial charge in [0, 0.05) is 23.8 Å². The molecule has 256 valence electrons. The van der Waals surface area contributed by atoms with Crippen LogP contribution in [0.2, 0.25) is 0 Å². The van der Waals surface area contributed by atoms with Crippen molar-refractivity contribution in [1.82, 2.24) is 0 Å². The van der Waals surface area contributed by atoms with Crippen molar-refractivity contribution >= 4 is 11.9 Å². The SMILES string of the molecule is CCCCC(N)CO[C@H]1[C@H](OC(C)=O)C[C@@]23COCC1(C)[C@@H]2CC[C@H]1C3=CC[C@@]2(C)[C@H](C(=O)O)[C@@](C)([C@H](C)C(C)C)CC[C@]12C. The van der Waals surface area contributed by atoms with Crippen LogP contribution in [0.4, 0.5) is 0 Å². The minimum atomic E-state index is -0.638. The molecule has 0 radical (unpaired) electrons. The van der Waals surface area contributed by atoms with Crippen molar-refractivity contribution in [2.24, 2.45) is 62.4 Å². The minimum absolute atomic E-state index is 0.0466. The summed E-state index contributed by atoms with van der Waals surface area (Å²) in [6, 6.07) is -0.0466. The summed E-state index contributed by atoms with van der Waals surface area (Å²) in [6.07, 6.45) is 10.3. The van der Waals surface area contributed by atoms with Crippen LogP contribution in [0.25, 0.3) is 0 Å². The largest absolute Gasteiger partial charge is 0.481 e. The maximum absolute atomic E-state index is 13.3. The molecule has 5 rings (SSSR count).